The highest BCUT2D eigenvalue weighted by atomic mass is 16.5. The lowest BCUT2D eigenvalue weighted by molar-refractivity contribution is 0.168. The second kappa shape index (κ2) is 5.56. The van der Waals surface area contributed by atoms with Crippen LogP contribution in [-0.2, 0) is 0 Å². The highest BCUT2D eigenvalue weighted by Gasteiger charge is 2.06. The maximum atomic E-state index is 9.85. The van der Waals surface area contributed by atoms with Crippen molar-refractivity contribution in [1.82, 2.24) is 0 Å². The standard InChI is InChI=1S/C13H18O2/c1-10(2)4-9-13(14)11-5-7-12(15-3)8-6-11/h5-8,13-14H,1,4,9H2,2-3H3. The Bertz CT molecular complexity index is 314. The maximum Gasteiger partial charge on any atom is 0.118 e. The average Bonchev–Trinajstić information content (AvgIpc) is 2.26. The van der Waals surface area contributed by atoms with Gasteiger partial charge in [0.1, 0.15) is 5.75 Å². The van der Waals surface area contributed by atoms with Crippen LogP contribution in [0.5, 0.6) is 5.75 Å². The third-order valence-corrected chi connectivity index (χ3v) is 2.35. The molecule has 1 aromatic carbocycles. The summed E-state index contributed by atoms with van der Waals surface area (Å²) >= 11 is 0. The molecular formula is C13H18O2. The Morgan fingerprint density at radius 2 is 2.00 bits per heavy atom. The average molecular weight is 206 g/mol. The molecule has 0 aliphatic carbocycles. The number of hydrogen-bond acceptors (Lipinski definition) is 2. The van der Waals surface area contributed by atoms with Gasteiger partial charge in [-0.1, -0.05) is 17.7 Å². The summed E-state index contributed by atoms with van der Waals surface area (Å²) in [7, 11) is 1.63. The Balaban J connectivity index is 2.57. The summed E-state index contributed by atoms with van der Waals surface area (Å²) < 4.78 is 5.05. The second-order valence-electron chi connectivity index (χ2n) is 3.78. The SMILES string of the molecule is C=C(C)CCC(O)c1ccc(OC)cc1. The Morgan fingerprint density at radius 1 is 1.40 bits per heavy atom. The molecule has 2 heteroatoms. The fraction of sp³-hybridized carbons (Fsp3) is 0.385. The van der Waals surface area contributed by atoms with Crippen LogP contribution in [-0.4, -0.2) is 12.2 Å². The van der Waals surface area contributed by atoms with Gasteiger partial charge < -0.3 is 9.84 Å². The zero-order chi connectivity index (χ0) is 11.3. The van der Waals surface area contributed by atoms with E-state index in [1.54, 1.807) is 7.11 Å². The van der Waals surface area contributed by atoms with E-state index in [1.807, 2.05) is 31.2 Å². The number of rotatable bonds is 5. The molecule has 0 amide bonds. The molecule has 0 fully saturated rings. The zero-order valence-corrected chi connectivity index (χ0v) is 9.36. The normalized spacial score (nSPS) is 12.2. The molecule has 1 rings (SSSR count). The molecule has 0 saturated heterocycles. The van der Waals surface area contributed by atoms with Crippen molar-refractivity contribution in [2.24, 2.45) is 0 Å². The quantitative estimate of drug-likeness (QED) is 0.750. The van der Waals surface area contributed by atoms with Gasteiger partial charge in [0, 0.05) is 0 Å². The first-order chi connectivity index (χ1) is 7.13. The highest BCUT2D eigenvalue weighted by molar-refractivity contribution is 5.28. The summed E-state index contributed by atoms with van der Waals surface area (Å²) in [6, 6.07) is 7.50. The molecule has 0 aliphatic rings. The van der Waals surface area contributed by atoms with E-state index in [2.05, 4.69) is 6.58 Å². The molecule has 15 heavy (non-hydrogen) atoms. The van der Waals surface area contributed by atoms with Gasteiger partial charge in [0.15, 0.2) is 0 Å². The maximum absolute atomic E-state index is 9.85. The molecule has 1 atom stereocenters. The fourth-order valence-corrected chi connectivity index (χ4v) is 1.38. The van der Waals surface area contributed by atoms with Crippen molar-refractivity contribution >= 4 is 0 Å². The van der Waals surface area contributed by atoms with E-state index >= 15 is 0 Å². The molecule has 0 aromatic heterocycles. The molecule has 0 spiro atoms. The summed E-state index contributed by atoms with van der Waals surface area (Å²) in [6.07, 6.45) is 1.17. The Morgan fingerprint density at radius 3 is 2.47 bits per heavy atom. The van der Waals surface area contributed by atoms with Gasteiger partial charge in [0.05, 0.1) is 13.2 Å². The van der Waals surface area contributed by atoms with Gasteiger partial charge in [-0.3, -0.25) is 0 Å². The molecule has 0 heterocycles. The number of hydrogen-bond donors (Lipinski definition) is 1. The van der Waals surface area contributed by atoms with E-state index in [0.717, 1.165) is 29.7 Å². The zero-order valence-electron chi connectivity index (χ0n) is 9.36. The van der Waals surface area contributed by atoms with Crippen molar-refractivity contribution in [2.45, 2.75) is 25.9 Å². The third kappa shape index (κ3) is 3.76. The molecule has 1 aromatic rings. The van der Waals surface area contributed by atoms with Crippen molar-refractivity contribution in [1.29, 1.82) is 0 Å². The lowest BCUT2D eigenvalue weighted by Gasteiger charge is -2.11. The van der Waals surface area contributed by atoms with Gasteiger partial charge >= 0.3 is 0 Å². The van der Waals surface area contributed by atoms with Gasteiger partial charge in [-0.05, 0) is 37.5 Å². The summed E-state index contributed by atoms with van der Waals surface area (Å²) in [6.45, 7) is 5.79. The number of allylic oxidation sites excluding steroid dienone is 1. The molecule has 1 N–H and O–H groups in total. The van der Waals surface area contributed by atoms with Crippen LogP contribution in [0.3, 0.4) is 0 Å². The Hall–Kier alpha value is -1.28. The van der Waals surface area contributed by atoms with E-state index in [0.29, 0.717) is 0 Å². The van der Waals surface area contributed by atoms with Crippen molar-refractivity contribution in [2.75, 3.05) is 7.11 Å². The summed E-state index contributed by atoms with van der Waals surface area (Å²) in [5, 5.41) is 9.85. The molecule has 0 aliphatic heterocycles. The van der Waals surface area contributed by atoms with E-state index in [1.165, 1.54) is 0 Å². The van der Waals surface area contributed by atoms with E-state index in [4.69, 9.17) is 4.74 Å². The topological polar surface area (TPSA) is 29.5 Å². The second-order valence-corrected chi connectivity index (χ2v) is 3.78. The van der Waals surface area contributed by atoms with Gasteiger partial charge in [0.2, 0.25) is 0 Å². The fourth-order valence-electron chi connectivity index (χ4n) is 1.38. The van der Waals surface area contributed by atoms with Crippen molar-refractivity contribution < 1.29 is 9.84 Å². The Kier molecular flexibility index (Phi) is 4.37. The van der Waals surface area contributed by atoms with E-state index < -0.39 is 6.10 Å². The minimum absolute atomic E-state index is 0.410. The Labute approximate surface area is 91.2 Å². The largest absolute Gasteiger partial charge is 0.497 e. The lowest BCUT2D eigenvalue weighted by Crippen LogP contribution is -1.97. The number of ether oxygens (including phenoxy) is 1. The molecule has 0 radical (unpaired) electrons. The van der Waals surface area contributed by atoms with Crippen molar-refractivity contribution in [3.8, 4) is 5.75 Å². The van der Waals surface area contributed by atoms with Crippen LogP contribution >= 0.6 is 0 Å². The van der Waals surface area contributed by atoms with Crippen LogP contribution in [0.15, 0.2) is 36.4 Å². The monoisotopic (exact) mass is 206 g/mol. The number of methoxy groups -OCH3 is 1. The van der Waals surface area contributed by atoms with Crippen molar-refractivity contribution in [3.63, 3.8) is 0 Å². The van der Waals surface area contributed by atoms with Crippen LogP contribution in [0, 0.1) is 0 Å². The first-order valence-corrected chi connectivity index (χ1v) is 5.10. The smallest absolute Gasteiger partial charge is 0.118 e. The first-order valence-electron chi connectivity index (χ1n) is 5.10. The van der Waals surface area contributed by atoms with Crippen molar-refractivity contribution in [3.05, 3.63) is 42.0 Å². The molecular weight excluding hydrogens is 188 g/mol. The minimum atomic E-state index is -0.410. The first kappa shape index (κ1) is 11.8. The predicted octanol–water partition coefficient (Wildman–Crippen LogP) is 3.08. The predicted molar refractivity (Wildman–Crippen MR) is 62.0 cm³/mol. The number of aliphatic hydroxyl groups excluding tert-OH is 1. The van der Waals surface area contributed by atoms with Crippen LogP contribution in [0.1, 0.15) is 31.4 Å². The summed E-state index contributed by atoms with van der Waals surface area (Å²) in [4.78, 5) is 0. The van der Waals surface area contributed by atoms with Crippen LogP contribution in [0.2, 0.25) is 0 Å². The van der Waals surface area contributed by atoms with Gasteiger partial charge in [0.25, 0.3) is 0 Å². The number of aliphatic hydroxyl groups is 1. The van der Waals surface area contributed by atoms with Crippen LogP contribution < -0.4 is 4.74 Å². The summed E-state index contributed by atoms with van der Waals surface area (Å²) in [5.41, 5.74) is 2.03. The molecule has 0 saturated carbocycles. The molecule has 82 valence electrons. The minimum Gasteiger partial charge on any atom is -0.497 e. The molecule has 2 nitrogen and oxygen atoms in total. The van der Waals surface area contributed by atoms with Crippen LogP contribution in [0.4, 0.5) is 0 Å². The van der Waals surface area contributed by atoms with Gasteiger partial charge in [-0.15, -0.1) is 6.58 Å². The molecule has 1 unspecified atom stereocenters. The highest BCUT2D eigenvalue weighted by Crippen LogP contribution is 2.22. The van der Waals surface area contributed by atoms with Crippen LogP contribution in [0.25, 0.3) is 0 Å². The van der Waals surface area contributed by atoms with E-state index in [-0.39, 0.29) is 0 Å². The van der Waals surface area contributed by atoms with Gasteiger partial charge in [-0.2, -0.15) is 0 Å². The van der Waals surface area contributed by atoms with Gasteiger partial charge in [-0.25, -0.2) is 0 Å². The summed E-state index contributed by atoms with van der Waals surface area (Å²) in [5.74, 6) is 0.811. The number of benzene rings is 1. The molecule has 0 bridgehead atoms. The third-order valence-electron chi connectivity index (χ3n) is 2.35. The van der Waals surface area contributed by atoms with E-state index in [9.17, 15) is 5.11 Å². The lowest BCUT2D eigenvalue weighted by atomic mass is 10.0.